The number of benzene rings is 2. The fraction of sp³-hybridized carbons (Fsp3) is 0.261. The van der Waals surface area contributed by atoms with Crippen molar-refractivity contribution < 1.29 is 19.1 Å². The lowest BCUT2D eigenvalue weighted by Gasteiger charge is -2.16. The number of aromatic amines is 1. The van der Waals surface area contributed by atoms with E-state index in [-0.39, 0.29) is 24.8 Å². The Morgan fingerprint density at radius 2 is 1.93 bits per heavy atom. The minimum absolute atomic E-state index is 0.117. The van der Waals surface area contributed by atoms with Gasteiger partial charge in [-0.15, -0.1) is 0 Å². The third-order valence-corrected chi connectivity index (χ3v) is 5.24. The quantitative estimate of drug-likeness (QED) is 0.466. The predicted octanol–water partition coefficient (Wildman–Crippen LogP) is 2.81. The van der Waals surface area contributed by atoms with E-state index < -0.39 is 12.0 Å². The maximum absolute atomic E-state index is 12.8. The molecular formula is C23H23N3O4. The van der Waals surface area contributed by atoms with Gasteiger partial charge in [-0.2, -0.15) is 0 Å². The Kier molecular flexibility index (Phi) is 5.63. The fourth-order valence-electron chi connectivity index (χ4n) is 3.74. The van der Waals surface area contributed by atoms with Crippen LogP contribution in [0.3, 0.4) is 0 Å². The minimum Gasteiger partial charge on any atom is -0.462 e. The summed E-state index contributed by atoms with van der Waals surface area (Å²) in [6, 6.07) is 13.8. The van der Waals surface area contributed by atoms with Crippen LogP contribution in [0.2, 0.25) is 0 Å². The van der Waals surface area contributed by atoms with E-state index in [0.717, 1.165) is 17.3 Å². The van der Waals surface area contributed by atoms with Crippen LogP contribution < -0.4 is 10.2 Å². The molecule has 0 aliphatic carbocycles. The summed E-state index contributed by atoms with van der Waals surface area (Å²) in [5, 5.41) is 4.37. The van der Waals surface area contributed by atoms with Crippen LogP contribution in [0.5, 0.6) is 0 Å². The minimum atomic E-state index is -0.549. The lowest BCUT2D eigenvalue weighted by Crippen LogP contribution is -2.39. The number of anilines is 1. The van der Waals surface area contributed by atoms with E-state index in [1.165, 1.54) is 10.5 Å². The van der Waals surface area contributed by atoms with Crippen molar-refractivity contribution in [1.82, 2.24) is 10.3 Å². The molecule has 2 amide bonds. The normalized spacial score (nSPS) is 16.4. The van der Waals surface area contributed by atoms with Gasteiger partial charge in [0.05, 0.1) is 30.3 Å². The summed E-state index contributed by atoms with van der Waals surface area (Å²) in [5.74, 6) is -0.962. The molecule has 1 saturated heterocycles. The number of hydrogen-bond donors (Lipinski definition) is 2. The smallest absolute Gasteiger partial charge is 0.338 e. The van der Waals surface area contributed by atoms with E-state index in [1.807, 2.05) is 24.4 Å². The van der Waals surface area contributed by atoms with Crippen molar-refractivity contribution in [3.63, 3.8) is 0 Å². The zero-order valence-corrected chi connectivity index (χ0v) is 16.7. The SMILES string of the molecule is CCOC(=O)c1ccc(N2C(=O)C[C@@H](NCCc3c[nH]c4ccccc34)C2=O)cc1. The average molecular weight is 405 g/mol. The van der Waals surface area contributed by atoms with Crippen molar-refractivity contribution in [2.45, 2.75) is 25.8 Å². The molecule has 1 aromatic heterocycles. The highest BCUT2D eigenvalue weighted by Gasteiger charge is 2.39. The Hall–Kier alpha value is -3.45. The van der Waals surface area contributed by atoms with E-state index in [1.54, 1.807) is 31.2 Å². The molecule has 30 heavy (non-hydrogen) atoms. The maximum atomic E-state index is 12.8. The van der Waals surface area contributed by atoms with Gasteiger partial charge in [-0.25, -0.2) is 9.69 Å². The number of ether oxygens (including phenoxy) is 1. The molecular weight excluding hydrogens is 382 g/mol. The number of para-hydroxylation sites is 1. The van der Waals surface area contributed by atoms with Crippen LogP contribution in [0.4, 0.5) is 5.69 Å². The predicted molar refractivity (Wildman–Crippen MR) is 113 cm³/mol. The Labute approximate surface area is 174 Å². The summed E-state index contributed by atoms with van der Waals surface area (Å²) in [6.07, 6.45) is 2.84. The molecule has 2 N–H and O–H groups in total. The Morgan fingerprint density at radius 3 is 2.70 bits per heavy atom. The summed E-state index contributed by atoms with van der Waals surface area (Å²) in [6.45, 7) is 2.61. The molecule has 154 valence electrons. The molecule has 0 unspecified atom stereocenters. The molecule has 3 aromatic rings. The second-order valence-electron chi connectivity index (χ2n) is 7.16. The second-order valence-corrected chi connectivity index (χ2v) is 7.16. The highest BCUT2D eigenvalue weighted by molar-refractivity contribution is 6.22. The highest BCUT2D eigenvalue weighted by atomic mass is 16.5. The fourth-order valence-corrected chi connectivity index (χ4v) is 3.74. The molecule has 1 atom stereocenters. The topological polar surface area (TPSA) is 91.5 Å². The van der Waals surface area contributed by atoms with Crippen LogP contribution in [0.15, 0.2) is 54.7 Å². The molecule has 0 saturated carbocycles. The number of fused-ring (bicyclic) bond motifs is 1. The monoisotopic (exact) mass is 405 g/mol. The number of H-pyrrole nitrogens is 1. The third kappa shape index (κ3) is 3.84. The molecule has 0 bridgehead atoms. The van der Waals surface area contributed by atoms with Gasteiger partial charge in [0.25, 0.3) is 5.91 Å². The van der Waals surface area contributed by atoms with Crippen molar-refractivity contribution in [2.24, 2.45) is 0 Å². The first-order chi connectivity index (χ1) is 14.6. The number of rotatable bonds is 7. The summed E-state index contributed by atoms with van der Waals surface area (Å²) in [5.41, 5.74) is 3.09. The number of carbonyl (C=O) groups excluding carboxylic acids is 3. The van der Waals surface area contributed by atoms with E-state index in [2.05, 4.69) is 16.4 Å². The van der Waals surface area contributed by atoms with Crippen LogP contribution in [0.25, 0.3) is 10.9 Å². The molecule has 2 aromatic carbocycles. The lowest BCUT2D eigenvalue weighted by molar-refractivity contribution is -0.121. The summed E-state index contributed by atoms with van der Waals surface area (Å²) in [4.78, 5) is 41.4. The van der Waals surface area contributed by atoms with Crippen molar-refractivity contribution >= 4 is 34.4 Å². The van der Waals surface area contributed by atoms with Crippen molar-refractivity contribution in [1.29, 1.82) is 0 Å². The summed E-state index contributed by atoms with van der Waals surface area (Å²) >= 11 is 0. The first-order valence-electron chi connectivity index (χ1n) is 10.0. The average Bonchev–Trinajstić information content (AvgIpc) is 3.29. The number of imide groups is 1. The number of esters is 1. The van der Waals surface area contributed by atoms with Crippen molar-refractivity contribution in [2.75, 3.05) is 18.1 Å². The number of nitrogens with zero attached hydrogens (tertiary/aromatic N) is 1. The molecule has 7 nitrogen and oxygen atoms in total. The van der Waals surface area contributed by atoms with Gasteiger partial charge in [0.15, 0.2) is 0 Å². The highest BCUT2D eigenvalue weighted by Crippen LogP contribution is 2.24. The molecule has 7 heteroatoms. The molecule has 0 radical (unpaired) electrons. The summed E-state index contributed by atoms with van der Waals surface area (Å²) < 4.78 is 4.96. The molecule has 2 heterocycles. The Bertz CT molecular complexity index is 1090. The van der Waals surface area contributed by atoms with E-state index in [4.69, 9.17) is 4.74 Å². The van der Waals surface area contributed by atoms with Crippen LogP contribution >= 0.6 is 0 Å². The number of aromatic nitrogens is 1. The first kappa shape index (κ1) is 19.8. The van der Waals surface area contributed by atoms with Gasteiger partial charge >= 0.3 is 5.97 Å². The molecule has 1 fully saturated rings. The van der Waals surface area contributed by atoms with Gasteiger partial charge < -0.3 is 15.0 Å². The Morgan fingerprint density at radius 1 is 1.17 bits per heavy atom. The van der Waals surface area contributed by atoms with Crippen LogP contribution in [0.1, 0.15) is 29.3 Å². The van der Waals surface area contributed by atoms with Gasteiger partial charge in [-0.1, -0.05) is 18.2 Å². The summed E-state index contributed by atoms with van der Waals surface area (Å²) in [7, 11) is 0. The molecule has 1 aliphatic heterocycles. The van der Waals surface area contributed by atoms with Crippen molar-refractivity contribution in [3.8, 4) is 0 Å². The van der Waals surface area contributed by atoms with Crippen LogP contribution in [0, 0.1) is 0 Å². The number of carbonyl (C=O) groups is 3. The molecule has 0 spiro atoms. The largest absolute Gasteiger partial charge is 0.462 e. The van der Waals surface area contributed by atoms with Crippen LogP contribution in [-0.4, -0.2) is 42.0 Å². The van der Waals surface area contributed by atoms with Gasteiger partial charge in [0, 0.05) is 23.6 Å². The number of hydrogen-bond acceptors (Lipinski definition) is 5. The molecule has 4 rings (SSSR count). The Balaban J connectivity index is 1.38. The number of amides is 2. The van der Waals surface area contributed by atoms with E-state index >= 15 is 0 Å². The first-order valence-corrected chi connectivity index (χ1v) is 10.0. The third-order valence-electron chi connectivity index (χ3n) is 5.24. The standard InChI is InChI=1S/C23H23N3O4/c1-2-30-23(29)15-7-9-17(10-8-15)26-21(27)13-20(22(26)28)24-12-11-16-14-25-19-6-4-3-5-18(16)19/h3-10,14,20,24-25H,2,11-13H2,1H3/t20-/m1/s1. The van der Waals surface area contributed by atoms with E-state index in [0.29, 0.717) is 17.8 Å². The molecule has 1 aliphatic rings. The number of nitrogens with one attached hydrogen (secondary N) is 2. The van der Waals surface area contributed by atoms with Gasteiger partial charge in [-0.3, -0.25) is 9.59 Å². The van der Waals surface area contributed by atoms with Crippen molar-refractivity contribution in [3.05, 3.63) is 65.9 Å². The second kappa shape index (κ2) is 8.51. The van der Waals surface area contributed by atoms with E-state index in [9.17, 15) is 14.4 Å². The zero-order valence-electron chi connectivity index (χ0n) is 16.7. The van der Waals surface area contributed by atoms with Gasteiger partial charge in [-0.05, 0) is 49.2 Å². The van der Waals surface area contributed by atoms with Crippen LogP contribution in [-0.2, 0) is 20.7 Å². The van der Waals surface area contributed by atoms with Gasteiger partial charge in [0.2, 0.25) is 5.91 Å². The zero-order chi connectivity index (χ0) is 21.1. The lowest BCUT2D eigenvalue weighted by atomic mass is 10.1. The maximum Gasteiger partial charge on any atom is 0.338 e. The van der Waals surface area contributed by atoms with Gasteiger partial charge in [0.1, 0.15) is 0 Å².